The Hall–Kier alpha value is -8.06. The molecule has 1 aliphatic carbocycles. The van der Waals surface area contributed by atoms with Crippen LogP contribution in [0.1, 0.15) is 0 Å². The van der Waals surface area contributed by atoms with E-state index in [2.05, 4.69) is 231 Å². The zero-order chi connectivity index (χ0) is 40.7. The lowest BCUT2D eigenvalue weighted by atomic mass is 9.82. The van der Waals surface area contributed by atoms with Crippen molar-refractivity contribution in [1.29, 1.82) is 0 Å². The third-order valence-corrected chi connectivity index (χ3v) is 13.4. The van der Waals surface area contributed by atoms with Gasteiger partial charge in [-0.3, -0.25) is 0 Å². The Labute approximate surface area is 360 Å². The topological polar surface area (TPSA) is 0 Å². The maximum Gasteiger partial charge on any atom is -0.000741 e. The van der Waals surface area contributed by atoms with E-state index in [0.717, 1.165) is 0 Å². The van der Waals surface area contributed by atoms with Gasteiger partial charge in [0.05, 0.1) is 0 Å². The first kappa shape index (κ1) is 34.8. The van der Waals surface area contributed by atoms with Crippen molar-refractivity contribution in [2.75, 3.05) is 0 Å². The molecule has 0 heterocycles. The molecular weight excluding hydrogens is 745 g/mol. The van der Waals surface area contributed by atoms with Gasteiger partial charge in [-0.15, -0.1) is 0 Å². The molecule has 0 saturated carbocycles. The van der Waals surface area contributed by atoms with Crippen molar-refractivity contribution in [3.8, 4) is 77.9 Å². The minimum absolute atomic E-state index is 1.23. The van der Waals surface area contributed by atoms with E-state index in [4.69, 9.17) is 0 Å². The summed E-state index contributed by atoms with van der Waals surface area (Å²) in [7, 11) is 0. The minimum Gasteiger partial charge on any atom is -0.0622 e. The Balaban J connectivity index is 0.996. The predicted octanol–water partition coefficient (Wildman–Crippen LogP) is 17.4. The Morgan fingerprint density at radius 3 is 1.03 bits per heavy atom. The van der Waals surface area contributed by atoms with Crippen molar-refractivity contribution in [2.24, 2.45) is 0 Å². The van der Waals surface area contributed by atoms with Crippen LogP contribution in [0.15, 0.2) is 231 Å². The second-order valence-corrected chi connectivity index (χ2v) is 16.7. The van der Waals surface area contributed by atoms with E-state index in [9.17, 15) is 0 Å². The van der Waals surface area contributed by atoms with Gasteiger partial charge in [-0.1, -0.05) is 218 Å². The molecule has 1 aliphatic rings. The monoisotopic (exact) mass is 782 g/mol. The summed E-state index contributed by atoms with van der Waals surface area (Å²) < 4.78 is 0. The Morgan fingerprint density at radius 1 is 0.177 bits per heavy atom. The van der Waals surface area contributed by atoms with Gasteiger partial charge in [0.25, 0.3) is 0 Å². The van der Waals surface area contributed by atoms with E-state index >= 15 is 0 Å². The Morgan fingerprint density at radius 2 is 0.532 bits per heavy atom. The lowest BCUT2D eigenvalue weighted by Gasteiger charge is -2.20. The van der Waals surface area contributed by atoms with Gasteiger partial charge in [-0.25, -0.2) is 0 Å². The maximum absolute atomic E-state index is 2.39. The van der Waals surface area contributed by atoms with Crippen LogP contribution in [0.2, 0.25) is 0 Å². The van der Waals surface area contributed by atoms with Gasteiger partial charge in [0.1, 0.15) is 0 Å². The average molecular weight is 783 g/mol. The van der Waals surface area contributed by atoms with Crippen LogP contribution in [-0.2, 0) is 0 Å². The molecule has 0 amide bonds. The smallest absolute Gasteiger partial charge is 0.000741 e. The van der Waals surface area contributed by atoms with Crippen LogP contribution in [0.3, 0.4) is 0 Å². The lowest BCUT2D eigenvalue weighted by Crippen LogP contribution is -1.93. The van der Waals surface area contributed by atoms with Gasteiger partial charge in [0.15, 0.2) is 0 Å². The first-order valence-electron chi connectivity index (χ1n) is 21.6. The second kappa shape index (κ2) is 13.7. The third kappa shape index (κ3) is 5.14. The molecule has 0 nitrogen and oxygen atoms in total. The summed E-state index contributed by atoms with van der Waals surface area (Å²) in [6, 6.07) is 85.4. The summed E-state index contributed by atoms with van der Waals surface area (Å²) in [6.07, 6.45) is 0. The number of benzene rings is 12. The summed E-state index contributed by atoms with van der Waals surface area (Å²) in [4.78, 5) is 0. The molecule has 0 atom stereocenters. The quantitative estimate of drug-likeness (QED) is 0.153. The number of fused-ring (bicyclic) bond motifs is 7. The second-order valence-electron chi connectivity index (χ2n) is 16.7. The first-order chi connectivity index (χ1) is 30.8. The van der Waals surface area contributed by atoms with Gasteiger partial charge in [0.2, 0.25) is 0 Å². The van der Waals surface area contributed by atoms with Gasteiger partial charge in [-0.2, -0.15) is 0 Å². The normalized spacial score (nSPS) is 11.9. The van der Waals surface area contributed by atoms with Gasteiger partial charge in [0, 0.05) is 0 Å². The molecule has 0 heteroatoms. The molecule has 0 radical (unpaired) electrons. The van der Waals surface area contributed by atoms with Crippen LogP contribution in [0, 0.1) is 0 Å². The molecule has 62 heavy (non-hydrogen) atoms. The summed E-state index contributed by atoms with van der Waals surface area (Å²) >= 11 is 0. The fourth-order valence-corrected chi connectivity index (χ4v) is 10.8. The zero-order valence-electron chi connectivity index (χ0n) is 33.9. The van der Waals surface area contributed by atoms with Crippen LogP contribution < -0.4 is 0 Å². The molecule has 0 aromatic heterocycles. The Bertz CT molecular complexity index is 3620. The Kier molecular flexibility index (Phi) is 7.71. The van der Waals surface area contributed by atoms with E-state index in [0.29, 0.717) is 0 Å². The highest BCUT2D eigenvalue weighted by atomic mass is 14.3. The molecule has 0 saturated heterocycles. The molecule has 12 aromatic rings. The molecule has 0 aliphatic heterocycles. The largest absolute Gasteiger partial charge is 0.0622 e. The van der Waals surface area contributed by atoms with Crippen LogP contribution >= 0.6 is 0 Å². The van der Waals surface area contributed by atoms with Crippen molar-refractivity contribution in [2.45, 2.75) is 0 Å². The van der Waals surface area contributed by atoms with Crippen LogP contribution in [0.5, 0.6) is 0 Å². The van der Waals surface area contributed by atoms with E-state index < -0.39 is 0 Å². The van der Waals surface area contributed by atoms with Crippen LogP contribution in [0.25, 0.3) is 132 Å². The van der Waals surface area contributed by atoms with Crippen LogP contribution in [-0.4, -0.2) is 0 Å². The van der Waals surface area contributed by atoms with Crippen molar-refractivity contribution in [1.82, 2.24) is 0 Å². The maximum atomic E-state index is 2.39. The number of hydrogen-bond acceptors (Lipinski definition) is 0. The van der Waals surface area contributed by atoms with Crippen LogP contribution in [0.4, 0.5) is 0 Å². The number of hydrogen-bond donors (Lipinski definition) is 0. The summed E-state index contributed by atoms with van der Waals surface area (Å²) in [6.45, 7) is 0. The van der Waals surface area contributed by atoms with E-state index in [1.807, 2.05) is 0 Å². The minimum atomic E-state index is 1.23. The zero-order valence-corrected chi connectivity index (χ0v) is 33.9. The van der Waals surface area contributed by atoms with Crippen molar-refractivity contribution < 1.29 is 0 Å². The molecule has 12 aromatic carbocycles. The van der Waals surface area contributed by atoms with E-state index in [-0.39, 0.29) is 0 Å². The fraction of sp³-hybridized carbons (Fsp3) is 0. The molecule has 0 spiro atoms. The molecular formula is C62H38. The predicted molar refractivity (Wildman–Crippen MR) is 266 cm³/mol. The van der Waals surface area contributed by atoms with Gasteiger partial charge < -0.3 is 0 Å². The number of rotatable bonds is 5. The van der Waals surface area contributed by atoms with Gasteiger partial charge in [-0.05, 0) is 144 Å². The summed E-state index contributed by atoms with van der Waals surface area (Å²) in [5.41, 5.74) is 17.9. The fourth-order valence-electron chi connectivity index (χ4n) is 10.8. The standard InChI is InChI=1S/C62H38/c1-4-17-39(18-5-1)56-48-23-10-12-25-50(48)57(51-26-13-11-24-49(51)56)45-34-32-42-37-44(33-31-43(42)38-45)46-35-36-55-60-47(46)29-16-30-54(60)61-58(40-19-6-2-7-20-40)52-27-14-15-28-53(52)59(62(55)61)41-21-8-3-9-22-41/h1-38H. The SMILES string of the molecule is c1ccc(-c2c3c(c(-c4ccccc4)c4ccccc24)-c2ccc(-c4ccc5cc(-c6c7ccccc7c(-c7ccccc7)c7ccccc67)ccc5c4)c4cccc-3c24)cc1. The molecule has 0 fully saturated rings. The van der Waals surface area contributed by atoms with Crippen molar-refractivity contribution in [3.05, 3.63) is 231 Å². The highest BCUT2D eigenvalue weighted by molar-refractivity contribution is 6.29. The van der Waals surface area contributed by atoms with E-state index in [1.165, 1.54) is 132 Å². The molecule has 0 bridgehead atoms. The first-order valence-corrected chi connectivity index (χ1v) is 21.6. The van der Waals surface area contributed by atoms with Gasteiger partial charge >= 0.3 is 0 Å². The highest BCUT2D eigenvalue weighted by Gasteiger charge is 2.31. The lowest BCUT2D eigenvalue weighted by molar-refractivity contribution is 1.62. The van der Waals surface area contributed by atoms with Crippen molar-refractivity contribution in [3.63, 3.8) is 0 Å². The van der Waals surface area contributed by atoms with Crippen molar-refractivity contribution >= 4 is 53.9 Å². The molecule has 13 rings (SSSR count). The highest BCUT2D eigenvalue weighted by Crippen LogP contribution is 2.58. The summed E-state index contributed by atoms with van der Waals surface area (Å²) in [5.74, 6) is 0. The third-order valence-electron chi connectivity index (χ3n) is 13.4. The average Bonchev–Trinajstić information content (AvgIpc) is 3.67. The van der Waals surface area contributed by atoms with E-state index in [1.54, 1.807) is 0 Å². The molecule has 0 unspecified atom stereocenters. The molecule has 0 N–H and O–H groups in total. The summed E-state index contributed by atoms with van der Waals surface area (Å²) in [5, 5.41) is 12.7. The molecule has 286 valence electrons.